The summed E-state index contributed by atoms with van der Waals surface area (Å²) >= 11 is 0. The van der Waals surface area contributed by atoms with Gasteiger partial charge in [-0.3, -0.25) is 0 Å². The van der Waals surface area contributed by atoms with Crippen LogP contribution < -0.4 is 0 Å². The minimum absolute atomic E-state index is 0.0391. The monoisotopic (exact) mass is 326 g/mol. The molecule has 0 amide bonds. The second kappa shape index (κ2) is 6.75. The first-order chi connectivity index (χ1) is 12.3. The first-order valence-corrected chi connectivity index (χ1v) is 8.26. The van der Waals surface area contributed by atoms with Crippen LogP contribution in [0.1, 0.15) is 5.56 Å². The van der Waals surface area contributed by atoms with Crippen molar-refractivity contribution in [2.45, 2.75) is 6.61 Å². The maximum atomic E-state index is 9.72. The largest absolute Gasteiger partial charge is 0.392 e. The van der Waals surface area contributed by atoms with E-state index in [1.165, 1.54) is 5.56 Å². The second-order valence-corrected chi connectivity index (χ2v) is 5.88. The molecule has 122 valence electrons. The molecule has 0 aliphatic carbocycles. The molecule has 0 aliphatic rings. The van der Waals surface area contributed by atoms with E-state index in [1.54, 1.807) is 0 Å². The van der Waals surface area contributed by atoms with Gasteiger partial charge in [0.05, 0.1) is 18.0 Å². The molecule has 1 N–H and O–H groups in total. The fourth-order valence-corrected chi connectivity index (χ4v) is 2.93. The van der Waals surface area contributed by atoms with Crippen LogP contribution in [0.25, 0.3) is 28.1 Å². The van der Waals surface area contributed by atoms with Gasteiger partial charge >= 0.3 is 0 Å². The highest BCUT2D eigenvalue weighted by Crippen LogP contribution is 2.27. The van der Waals surface area contributed by atoms with Crippen LogP contribution in [0.4, 0.5) is 0 Å². The molecular formula is C22H18N2O. The Morgan fingerprint density at radius 3 is 1.88 bits per heavy atom. The summed E-state index contributed by atoms with van der Waals surface area (Å²) in [5.41, 5.74) is 5.95. The van der Waals surface area contributed by atoms with Gasteiger partial charge in [0.1, 0.15) is 0 Å². The number of aromatic nitrogens is 2. The number of aliphatic hydroxyl groups is 1. The molecule has 25 heavy (non-hydrogen) atoms. The molecule has 0 fully saturated rings. The highest BCUT2D eigenvalue weighted by Gasteiger charge is 2.11. The molecule has 0 unspecified atom stereocenters. The smallest absolute Gasteiger partial charge is 0.0982 e. The van der Waals surface area contributed by atoms with E-state index in [0.29, 0.717) is 0 Å². The number of hydrogen-bond donors (Lipinski definition) is 1. The SMILES string of the molecule is OCc1cn(-c2ccccc2)nc1-c1ccc(-c2ccccc2)cc1. The molecule has 0 aliphatic heterocycles. The first-order valence-electron chi connectivity index (χ1n) is 8.26. The summed E-state index contributed by atoms with van der Waals surface area (Å²) in [4.78, 5) is 0. The molecule has 1 aromatic heterocycles. The van der Waals surface area contributed by atoms with E-state index >= 15 is 0 Å². The van der Waals surface area contributed by atoms with Crippen molar-refractivity contribution >= 4 is 0 Å². The number of nitrogens with zero attached hydrogens (tertiary/aromatic N) is 2. The van der Waals surface area contributed by atoms with Crippen molar-refractivity contribution in [3.63, 3.8) is 0 Å². The van der Waals surface area contributed by atoms with E-state index in [-0.39, 0.29) is 6.61 Å². The highest BCUT2D eigenvalue weighted by molar-refractivity contribution is 5.70. The van der Waals surface area contributed by atoms with Crippen LogP contribution in [0.5, 0.6) is 0 Å². The summed E-state index contributed by atoms with van der Waals surface area (Å²) in [5.74, 6) is 0. The minimum atomic E-state index is -0.0391. The van der Waals surface area contributed by atoms with E-state index < -0.39 is 0 Å². The second-order valence-electron chi connectivity index (χ2n) is 5.88. The Morgan fingerprint density at radius 2 is 1.24 bits per heavy atom. The minimum Gasteiger partial charge on any atom is -0.392 e. The van der Waals surface area contributed by atoms with E-state index in [9.17, 15) is 5.11 Å². The van der Waals surface area contributed by atoms with Crippen molar-refractivity contribution in [1.29, 1.82) is 0 Å². The molecule has 0 spiro atoms. The third-order valence-corrected chi connectivity index (χ3v) is 4.25. The molecule has 3 aromatic carbocycles. The van der Waals surface area contributed by atoms with Gasteiger partial charge < -0.3 is 5.11 Å². The van der Waals surface area contributed by atoms with E-state index in [4.69, 9.17) is 0 Å². The van der Waals surface area contributed by atoms with Crippen LogP contribution in [0.3, 0.4) is 0 Å². The van der Waals surface area contributed by atoms with Gasteiger partial charge in [0.2, 0.25) is 0 Å². The van der Waals surface area contributed by atoms with Crippen LogP contribution >= 0.6 is 0 Å². The third-order valence-electron chi connectivity index (χ3n) is 4.25. The van der Waals surface area contributed by atoms with Crippen molar-refractivity contribution in [3.8, 4) is 28.1 Å². The van der Waals surface area contributed by atoms with E-state index in [1.807, 2.05) is 59.4 Å². The Balaban J connectivity index is 1.71. The van der Waals surface area contributed by atoms with Gasteiger partial charge in [-0.25, -0.2) is 4.68 Å². The molecule has 1 heterocycles. The highest BCUT2D eigenvalue weighted by atomic mass is 16.3. The lowest BCUT2D eigenvalue weighted by Crippen LogP contribution is -1.94. The van der Waals surface area contributed by atoms with Crippen LogP contribution in [-0.4, -0.2) is 14.9 Å². The van der Waals surface area contributed by atoms with Gasteiger partial charge in [-0.15, -0.1) is 0 Å². The van der Waals surface area contributed by atoms with Crippen LogP contribution in [-0.2, 0) is 6.61 Å². The molecule has 4 aromatic rings. The van der Waals surface area contributed by atoms with Gasteiger partial charge in [-0.1, -0.05) is 72.8 Å². The summed E-state index contributed by atoms with van der Waals surface area (Å²) < 4.78 is 1.81. The summed E-state index contributed by atoms with van der Waals surface area (Å²) in [6.07, 6.45) is 1.88. The molecule has 0 atom stereocenters. The summed E-state index contributed by atoms with van der Waals surface area (Å²) in [6.45, 7) is -0.0391. The molecular weight excluding hydrogens is 308 g/mol. The fourth-order valence-electron chi connectivity index (χ4n) is 2.93. The Labute approximate surface area is 146 Å². The van der Waals surface area contributed by atoms with Gasteiger partial charge in [0.15, 0.2) is 0 Å². The summed E-state index contributed by atoms with van der Waals surface area (Å²) in [5, 5.41) is 14.4. The number of hydrogen-bond acceptors (Lipinski definition) is 2. The Kier molecular flexibility index (Phi) is 4.15. The third kappa shape index (κ3) is 3.10. The van der Waals surface area contributed by atoms with Gasteiger partial charge in [-0.05, 0) is 23.3 Å². The average molecular weight is 326 g/mol. The number of aliphatic hydroxyl groups excluding tert-OH is 1. The Bertz CT molecular complexity index is 958. The number of benzene rings is 3. The van der Waals surface area contributed by atoms with Crippen LogP contribution in [0.2, 0.25) is 0 Å². The predicted molar refractivity (Wildman–Crippen MR) is 100 cm³/mol. The van der Waals surface area contributed by atoms with Gasteiger partial charge in [0, 0.05) is 17.3 Å². The van der Waals surface area contributed by atoms with E-state index in [0.717, 1.165) is 28.1 Å². The normalized spacial score (nSPS) is 10.8. The summed E-state index contributed by atoms with van der Waals surface area (Å²) in [6, 6.07) is 28.5. The van der Waals surface area contributed by atoms with E-state index in [2.05, 4.69) is 41.5 Å². The Hall–Kier alpha value is -3.17. The first kappa shape index (κ1) is 15.4. The quantitative estimate of drug-likeness (QED) is 0.590. The maximum Gasteiger partial charge on any atom is 0.0982 e. The fraction of sp³-hybridized carbons (Fsp3) is 0.0455. The molecule has 0 radical (unpaired) electrons. The molecule has 0 bridgehead atoms. The lowest BCUT2D eigenvalue weighted by molar-refractivity contribution is 0.282. The van der Waals surface area contributed by atoms with Crippen molar-refractivity contribution in [3.05, 3.63) is 96.7 Å². The standard InChI is InChI=1S/C22H18N2O/c25-16-20-15-24(21-9-5-2-6-10-21)23-22(20)19-13-11-18(12-14-19)17-7-3-1-4-8-17/h1-15,25H,16H2. The average Bonchev–Trinajstić information content (AvgIpc) is 3.14. The van der Waals surface area contributed by atoms with Gasteiger partial charge in [-0.2, -0.15) is 5.10 Å². The Morgan fingerprint density at radius 1 is 0.680 bits per heavy atom. The number of para-hydroxylation sites is 1. The maximum absolute atomic E-state index is 9.72. The van der Waals surface area contributed by atoms with Crippen molar-refractivity contribution < 1.29 is 5.11 Å². The molecule has 4 rings (SSSR count). The summed E-state index contributed by atoms with van der Waals surface area (Å²) in [7, 11) is 0. The zero-order valence-corrected chi connectivity index (χ0v) is 13.7. The lowest BCUT2D eigenvalue weighted by Gasteiger charge is -2.04. The molecule has 3 nitrogen and oxygen atoms in total. The topological polar surface area (TPSA) is 38.0 Å². The van der Waals surface area contributed by atoms with Crippen LogP contribution in [0, 0.1) is 0 Å². The molecule has 3 heteroatoms. The van der Waals surface area contributed by atoms with Crippen molar-refractivity contribution in [2.75, 3.05) is 0 Å². The predicted octanol–water partition coefficient (Wildman–Crippen LogP) is 4.70. The van der Waals surface area contributed by atoms with Crippen molar-refractivity contribution in [1.82, 2.24) is 9.78 Å². The zero-order chi connectivity index (χ0) is 17.1. The van der Waals surface area contributed by atoms with Crippen molar-refractivity contribution in [2.24, 2.45) is 0 Å². The lowest BCUT2D eigenvalue weighted by atomic mass is 10.0. The van der Waals surface area contributed by atoms with Gasteiger partial charge in [0.25, 0.3) is 0 Å². The zero-order valence-electron chi connectivity index (χ0n) is 13.7. The molecule has 0 saturated carbocycles. The van der Waals surface area contributed by atoms with Crippen LogP contribution in [0.15, 0.2) is 91.1 Å². The molecule has 0 saturated heterocycles. The number of rotatable bonds is 4.